The standard InChI is InChI=1S/C15H23NO/c1-12-6-7-13(2)14(10-12)15(11-17)16-8-4-3-5-9-16/h6-7,10,15,17H,3-5,8-9,11H2,1-2H3. The maximum absolute atomic E-state index is 9.71. The number of nitrogens with zero attached hydrogens (tertiary/aromatic N) is 1. The Kier molecular flexibility index (Phi) is 4.19. The van der Waals surface area contributed by atoms with Crippen LogP contribution < -0.4 is 0 Å². The van der Waals surface area contributed by atoms with Crippen molar-refractivity contribution in [1.82, 2.24) is 4.90 Å². The molecule has 1 aliphatic heterocycles. The molecule has 0 aromatic heterocycles. The van der Waals surface area contributed by atoms with E-state index in [1.807, 2.05) is 0 Å². The van der Waals surface area contributed by atoms with E-state index in [-0.39, 0.29) is 12.6 Å². The van der Waals surface area contributed by atoms with E-state index in [2.05, 4.69) is 36.9 Å². The highest BCUT2D eigenvalue weighted by atomic mass is 16.3. The van der Waals surface area contributed by atoms with Crippen molar-refractivity contribution in [3.05, 3.63) is 34.9 Å². The third-order valence-electron chi connectivity index (χ3n) is 3.80. The SMILES string of the molecule is Cc1ccc(C)c(C(CO)N2CCCCC2)c1. The predicted molar refractivity (Wildman–Crippen MR) is 71.2 cm³/mol. The number of hydrogen-bond donors (Lipinski definition) is 1. The van der Waals surface area contributed by atoms with E-state index in [0.717, 1.165) is 13.1 Å². The molecule has 0 amide bonds. The summed E-state index contributed by atoms with van der Waals surface area (Å²) in [6, 6.07) is 6.72. The molecule has 17 heavy (non-hydrogen) atoms. The Morgan fingerprint density at radius 2 is 1.88 bits per heavy atom. The molecule has 0 aliphatic carbocycles. The number of aryl methyl sites for hydroxylation is 2. The van der Waals surface area contributed by atoms with Crippen molar-refractivity contribution >= 4 is 0 Å². The van der Waals surface area contributed by atoms with Gasteiger partial charge in [-0.05, 0) is 50.9 Å². The van der Waals surface area contributed by atoms with E-state index >= 15 is 0 Å². The van der Waals surface area contributed by atoms with Gasteiger partial charge in [0.15, 0.2) is 0 Å². The molecule has 1 unspecified atom stereocenters. The summed E-state index contributed by atoms with van der Waals surface area (Å²) in [6.45, 7) is 6.73. The minimum atomic E-state index is 0.190. The Morgan fingerprint density at radius 1 is 1.18 bits per heavy atom. The molecule has 1 aliphatic rings. The zero-order chi connectivity index (χ0) is 12.3. The van der Waals surface area contributed by atoms with E-state index in [1.54, 1.807) is 0 Å². The number of hydrogen-bond acceptors (Lipinski definition) is 2. The fraction of sp³-hybridized carbons (Fsp3) is 0.600. The summed E-state index contributed by atoms with van der Waals surface area (Å²) in [7, 11) is 0. The first-order chi connectivity index (χ1) is 8.22. The van der Waals surface area contributed by atoms with Crippen LogP contribution in [0.2, 0.25) is 0 Å². The lowest BCUT2D eigenvalue weighted by atomic mass is 9.96. The quantitative estimate of drug-likeness (QED) is 0.867. The van der Waals surface area contributed by atoms with Crippen LogP contribution in [0.1, 0.15) is 42.0 Å². The molecule has 1 aromatic carbocycles. The van der Waals surface area contributed by atoms with Crippen LogP contribution in [0.15, 0.2) is 18.2 Å². The van der Waals surface area contributed by atoms with Crippen LogP contribution in [-0.4, -0.2) is 29.7 Å². The van der Waals surface area contributed by atoms with Gasteiger partial charge in [0, 0.05) is 0 Å². The second-order valence-corrected chi connectivity index (χ2v) is 5.16. The molecule has 2 rings (SSSR count). The van der Waals surface area contributed by atoms with Crippen molar-refractivity contribution in [2.75, 3.05) is 19.7 Å². The summed E-state index contributed by atoms with van der Waals surface area (Å²) >= 11 is 0. The van der Waals surface area contributed by atoms with Gasteiger partial charge in [0.25, 0.3) is 0 Å². The van der Waals surface area contributed by atoms with Gasteiger partial charge in [-0.15, -0.1) is 0 Å². The van der Waals surface area contributed by atoms with Crippen LogP contribution in [0, 0.1) is 13.8 Å². The largest absolute Gasteiger partial charge is 0.394 e. The van der Waals surface area contributed by atoms with Gasteiger partial charge in [0.2, 0.25) is 0 Å². The van der Waals surface area contributed by atoms with Crippen molar-refractivity contribution in [1.29, 1.82) is 0 Å². The zero-order valence-electron chi connectivity index (χ0n) is 10.9. The minimum absolute atomic E-state index is 0.190. The number of piperidine rings is 1. The molecule has 1 N–H and O–H groups in total. The normalized spacial score (nSPS) is 19.2. The second kappa shape index (κ2) is 5.65. The highest BCUT2D eigenvalue weighted by Gasteiger charge is 2.22. The minimum Gasteiger partial charge on any atom is -0.394 e. The highest BCUT2D eigenvalue weighted by Crippen LogP contribution is 2.27. The highest BCUT2D eigenvalue weighted by molar-refractivity contribution is 5.33. The average molecular weight is 233 g/mol. The third-order valence-corrected chi connectivity index (χ3v) is 3.80. The van der Waals surface area contributed by atoms with Crippen molar-refractivity contribution in [3.63, 3.8) is 0 Å². The smallest absolute Gasteiger partial charge is 0.0628 e. The van der Waals surface area contributed by atoms with Gasteiger partial charge in [0.05, 0.1) is 12.6 Å². The number of rotatable bonds is 3. The van der Waals surface area contributed by atoms with Gasteiger partial charge in [-0.25, -0.2) is 0 Å². The van der Waals surface area contributed by atoms with Crippen LogP contribution in [0.25, 0.3) is 0 Å². The van der Waals surface area contributed by atoms with E-state index in [4.69, 9.17) is 0 Å². The molecule has 0 saturated carbocycles. The Balaban J connectivity index is 2.24. The summed E-state index contributed by atoms with van der Waals surface area (Å²) in [4.78, 5) is 2.44. The maximum atomic E-state index is 9.71. The summed E-state index contributed by atoms with van der Waals surface area (Å²) in [5.74, 6) is 0. The lowest BCUT2D eigenvalue weighted by Gasteiger charge is -2.34. The van der Waals surface area contributed by atoms with Crippen molar-refractivity contribution in [2.24, 2.45) is 0 Å². The summed E-state index contributed by atoms with van der Waals surface area (Å²) < 4.78 is 0. The van der Waals surface area contributed by atoms with Crippen LogP contribution in [0.3, 0.4) is 0 Å². The van der Waals surface area contributed by atoms with Crippen molar-refractivity contribution in [3.8, 4) is 0 Å². The van der Waals surface area contributed by atoms with Gasteiger partial charge in [0.1, 0.15) is 0 Å². The second-order valence-electron chi connectivity index (χ2n) is 5.16. The first-order valence-corrected chi connectivity index (χ1v) is 6.64. The summed E-state index contributed by atoms with van der Waals surface area (Å²) in [5.41, 5.74) is 3.87. The van der Waals surface area contributed by atoms with Gasteiger partial charge in [-0.1, -0.05) is 30.2 Å². The van der Waals surface area contributed by atoms with Crippen LogP contribution >= 0.6 is 0 Å². The number of benzene rings is 1. The topological polar surface area (TPSA) is 23.5 Å². The molecule has 1 atom stereocenters. The molecule has 1 fully saturated rings. The fourth-order valence-electron chi connectivity index (χ4n) is 2.76. The molecular weight excluding hydrogens is 210 g/mol. The predicted octanol–water partition coefficient (Wildman–Crippen LogP) is 2.82. The monoisotopic (exact) mass is 233 g/mol. The van der Waals surface area contributed by atoms with Crippen LogP contribution in [-0.2, 0) is 0 Å². The van der Waals surface area contributed by atoms with Gasteiger partial charge < -0.3 is 5.11 Å². The van der Waals surface area contributed by atoms with Crippen molar-refractivity contribution < 1.29 is 5.11 Å². The molecule has 1 heterocycles. The van der Waals surface area contributed by atoms with E-state index in [0.29, 0.717) is 0 Å². The van der Waals surface area contributed by atoms with Crippen molar-refractivity contribution in [2.45, 2.75) is 39.2 Å². The molecule has 2 nitrogen and oxygen atoms in total. The van der Waals surface area contributed by atoms with Crippen LogP contribution in [0.5, 0.6) is 0 Å². The number of aliphatic hydroxyl groups is 1. The van der Waals surface area contributed by atoms with Crippen LogP contribution in [0.4, 0.5) is 0 Å². The van der Waals surface area contributed by atoms with Gasteiger partial charge in [-0.2, -0.15) is 0 Å². The first kappa shape index (κ1) is 12.6. The zero-order valence-corrected chi connectivity index (χ0v) is 10.9. The molecular formula is C15H23NO. The lowest BCUT2D eigenvalue weighted by Crippen LogP contribution is -2.35. The molecule has 0 spiro atoms. The third kappa shape index (κ3) is 2.88. The van der Waals surface area contributed by atoms with Gasteiger partial charge in [-0.3, -0.25) is 4.90 Å². The molecule has 94 valence electrons. The Morgan fingerprint density at radius 3 is 2.53 bits per heavy atom. The lowest BCUT2D eigenvalue weighted by molar-refractivity contribution is 0.104. The van der Waals surface area contributed by atoms with Gasteiger partial charge >= 0.3 is 0 Å². The average Bonchev–Trinajstić information content (AvgIpc) is 2.36. The summed E-state index contributed by atoms with van der Waals surface area (Å²) in [5, 5.41) is 9.71. The molecule has 0 radical (unpaired) electrons. The molecule has 1 saturated heterocycles. The maximum Gasteiger partial charge on any atom is 0.0628 e. The first-order valence-electron chi connectivity index (χ1n) is 6.64. The van der Waals surface area contributed by atoms with E-state index < -0.39 is 0 Å². The number of aliphatic hydroxyl groups excluding tert-OH is 1. The molecule has 2 heteroatoms. The Hall–Kier alpha value is -0.860. The Labute approximate surface area is 104 Å². The molecule has 1 aromatic rings. The number of likely N-dealkylation sites (tertiary alicyclic amines) is 1. The summed E-state index contributed by atoms with van der Waals surface area (Å²) in [6.07, 6.45) is 3.87. The van der Waals surface area contributed by atoms with E-state index in [9.17, 15) is 5.11 Å². The van der Waals surface area contributed by atoms with E-state index in [1.165, 1.54) is 36.0 Å². The molecule has 0 bridgehead atoms. The fourth-order valence-corrected chi connectivity index (χ4v) is 2.76. The Bertz CT molecular complexity index is 369.